The van der Waals surface area contributed by atoms with Crippen LogP contribution in [0.3, 0.4) is 0 Å². The number of carboxylic acids is 1. The Kier molecular flexibility index (Phi) is 6.28. The zero-order valence-corrected chi connectivity index (χ0v) is 12.3. The molecule has 0 aromatic heterocycles. The van der Waals surface area contributed by atoms with Crippen molar-refractivity contribution in [1.82, 2.24) is 9.80 Å². The first-order valence-electron chi connectivity index (χ1n) is 7.06. The van der Waals surface area contributed by atoms with Gasteiger partial charge in [-0.2, -0.15) is 0 Å². The van der Waals surface area contributed by atoms with Crippen LogP contribution in [0.25, 0.3) is 0 Å². The van der Waals surface area contributed by atoms with Crippen molar-refractivity contribution in [1.29, 1.82) is 0 Å². The highest BCUT2D eigenvalue weighted by atomic mass is 16.4. The second-order valence-electron chi connectivity index (χ2n) is 5.75. The maximum atomic E-state index is 12.3. The Hall–Kier alpha value is -1.10. The van der Waals surface area contributed by atoms with E-state index < -0.39 is 11.9 Å². The van der Waals surface area contributed by atoms with Crippen molar-refractivity contribution in [2.45, 2.75) is 32.1 Å². The topological polar surface area (TPSA) is 60.9 Å². The average Bonchev–Trinajstić information content (AvgIpc) is 2.37. The molecule has 0 aromatic rings. The quantitative estimate of drug-likeness (QED) is 0.790. The summed E-state index contributed by atoms with van der Waals surface area (Å²) in [6, 6.07) is 0. The van der Waals surface area contributed by atoms with E-state index in [0.29, 0.717) is 19.4 Å². The molecule has 0 heterocycles. The number of nitrogens with zero attached hydrogens (tertiary/aromatic N) is 2. The Morgan fingerprint density at radius 1 is 1.05 bits per heavy atom. The predicted molar refractivity (Wildman–Crippen MR) is 73.9 cm³/mol. The van der Waals surface area contributed by atoms with Crippen molar-refractivity contribution in [3.8, 4) is 0 Å². The van der Waals surface area contributed by atoms with Crippen LogP contribution in [0.15, 0.2) is 0 Å². The smallest absolute Gasteiger partial charge is 0.307 e. The van der Waals surface area contributed by atoms with E-state index in [1.807, 2.05) is 14.1 Å². The minimum absolute atomic E-state index is 0.00542. The number of carbonyl (C=O) groups is 2. The van der Waals surface area contributed by atoms with E-state index >= 15 is 0 Å². The summed E-state index contributed by atoms with van der Waals surface area (Å²) < 4.78 is 0. The summed E-state index contributed by atoms with van der Waals surface area (Å²) in [5, 5.41) is 9.21. The van der Waals surface area contributed by atoms with Crippen LogP contribution < -0.4 is 0 Å². The molecular formula is C14H26N2O3. The fourth-order valence-corrected chi connectivity index (χ4v) is 2.74. The molecular weight excluding hydrogens is 244 g/mol. The van der Waals surface area contributed by atoms with E-state index in [-0.39, 0.29) is 11.8 Å². The van der Waals surface area contributed by atoms with Gasteiger partial charge in [0, 0.05) is 13.6 Å². The van der Waals surface area contributed by atoms with Gasteiger partial charge in [0.2, 0.25) is 5.91 Å². The number of hydrogen-bond donors (Lipinski definition) is 1. The molecule has 0 spiro atoms. The van der Waals surface area contributed by atoms with Crippen LogP contribution >= 0.6 is 0 Å². The lowest BCUT2D eigenvalue weighted by Crippen LogP contribution is -2.41. The van der Waals surface area contributed by atoms with E-state index in [1.165, 1.54) is 0 Å². The van der Waals surface area contributed by atoms with Crippen molar-refractivity contribution >= 4 is 11.9 Å². The molecule has 5 heteroatoms. The molecule has 1 aliphatic rings. The van der Waals surface area contributed by atoms with E-state index in [4.69, 9.17) is 0 Å². The molecule has 1 saturated carbocycles. The van der Waals surface area contributed by atoms with Gasteiger partial charge >= 0.3 is 5.97 Å². The normalized spacial score (nSPS) is 23.4. The number of aliphatic carboxylic acids is 1. The van der Waals surface area contributed by atoms with Crippen LogP contribution in [0.2, 0.25) is 0 Å². The average molecular weight is 270 g/mol. The molecule has 1 N–H and O–H groups in total. The van der Waals surface area contributed by atoms with Crippen LogP contribution in [-0.4, -0.2) is 61.0 Å². The Morgan fingerprint density at radius 3 is 2.16 bits per heavy atom. The van der Waals surface area contributed by atoms with Crippen molar-refractivity contribution in [3.63, 3.8) is 0 Å². The SMILES string of the molecule is CN(C)CCCN(C)C(=O)[C@@H]1CCCC[C@@H]1C(=O)O. The fourth-order valence-electron chi connectivity index (χ4n) is 2.74. The number of amides is 1. The molecule has 1 rings (SSSR count). The van der Waals surface area contributed by atoms with Gasteiger partial charge in [-0.25, -0.2) is 0 Å². The Bertz CT molecular complexity index is 318. The van der Waals surface area contributed by atoms with E-state index in [1.54, 1.807) is 11.9 Å². The summed E-state index contributed by atoms with van der Waals surface area (Å²) in [4.78, 5) is 27.3. The van der Waals surface area contributed by atoms with Crippen LogP contribution in [0.4, 0.5) is 0 Å². The highest BCUT2D eigenvalue weighted by Crippen LogP contribution is 2.31. The summed E-state index contributed by atoms with van der Waals surface area (Å²) >= 11 is 0. The summed E-state index contributed by atoms with van der Waals surface area (Å²) in [6.07, 6.45) is 4.15. The van der Waals surface area contributed by atoms with Gasteiger partial charge in [-0.1, -0.05) is 12.8 Å². The van der Waals surface area contributed by atoms with Gasteiger partial charge in [-0.15, -0.1) is 0 Å². The molecule has 2 atom stereocenters. The van der Waals surface area contributed by atoms with E-state index in [9.17, 15) is 14.7 Å². The lowest BCUT2D eigenvalue weighted by molar-refractivity contribution is -0.151. The van der Waals surface area contributed by atoms with Gasteiger partial charge in [0.25, 0.3) is 0 Å². The molecule has 5 nitrogen and oxygen atoms in total. The molecule has 0 radical (unpaired) electrons. The zero-order valence-electron chi connectivity index (χ0n) is 12.3. The third-order valence-electron chi connectivity index (χ3n) is 3.88. The second-order valence-corrected chi connectivity index (χ2v) is 5.75. The number of carbonyl (C=O) groups excluding carboxylic acids is 1. The molecule has 0 aromatic carbocycles. The molecule has 0 bridgehead atoms. The first-order chi connectivity index (χ1) is 8.93. The van der Waals surface area contributed by atoms with Crippen LogP contribution in [0.5, 0.6) is 0 Å². The van der Waals surface area contributed by atoms with Crippen LogP contribution in [-0.2, 0) is 9.59 Å². The first-order valence-corrected chi connectivity index (χ1v) is 7.06. The van der Waals surface area contributed by atoms with Gasteiger partial charge in [0.05, 0.1) is 11.8 Å². The van der Waals surface area contributed by atoms with Crippen molar-refractivity contribution in [2.24, 2.45) is 11.8 Å². The monoisotopic (exact) mass is 270 g/mol. The van der Waals surface area contributed by atoms with Crippen molar-refractivity contribution in [3.05, 3.63) is 0 Å². The maximum Gasteiger partial charge on any atom is 0.307 e. The molecule has 0 unspecified atom stereocenters. The molecule has 110 valence electrons. The lowest BCUT2D eigenvalue weighted by atomic mass is 9.78. The van der Waals surface area contributed by atoms with E-state index in [2.05, 4.69) is 4.90 Å². The van der Waals surface area contributed by atoms with Gasteiger partial charge in [0.1, 0.15) is 0 Å². The van der Waals surface area contributed by atoms with E-state index in [0.717, 1.165) is 25.8 Å². The minimum Gasteiger partial charge on any atom is -0.481 e. The lowest BCUT2D eigenvalue weighted by Gasteiger charge is -2.31. The second kappa shape index (κ2) is 7.48. The number of carboxylic acid groups (broad SMARTS) is 1. The number of rotatable bonds is 6. The third kappa shape index (κ3) is 4.82. The highest BCUT2D eigenvalue weighted by molar-refractivity contribution is 5.84. The molecule has 1 fully saturated rings. The van der Waals surface area contributed by atoms with Crippen LogP contribution in [0, 0.1) is 11.8 Å². The number of hydrogen-bond acceptors (Lipinski definition) is 3. The summed E-state index contributed by atoms with van der Waals surface area (Å²) in [6.45, 7) is 1.63. The minimum atomic E-state index is -0.820. The zero-order chi connectivity index (χ0) is 14.4. The molecule has 0 aliphatic heterocycles. The highest BCUT2D eigenvalue weighted by Gasteiger charge is 2.36. The van der Waals surface area contributed by atoms with Gasteiger partial charge < -0.3 is 14.9 Å². The Balaban J connectivity index is 2.51. The van der Waals surface area contributed by atoms with Gasteiger partial charge in [-0.3, -0.25) is 9.59 Å². The molecule has 19 heavy (non-hydrogen) atoms. The molecule has 1 aliphatic carbocycles. The predicted octanol–water partition coefficient (Wildman–Crippen LogP) is 1.29. The Labute approximate surface area is 115 Å². The van der Waals surface area contributed by atoms with Crippen LogP contribution in [0.1, 0.15) is 32.1 Å². The first kappa shape index (κ1) is 16.0. The van der Waals surface area contributed by atoms with Crippen molar-refractivity contribution < 1.29 is 14.7 Å². The van der Waals surface area contributed by atoms with Crippen molar-refractivity contribution in [2.75, 3.05) is 34.2 Å². The third-order valence-corrected chi connectivity index (χ3v) is 3.88. The molecule has 1 amide bonds. The standard InChI is InChI=1S/C14H26N2O3/c1-15(2)9-6-10-16(3)13(17)11-7-4-5-8-12(11)14(18)19/h11-12H,4-10H2,1-3H3,(H,18,19)/t11-,12+/m1/s1. The summed E-state index contributed by atoms with van der Waals surface area (Å²) in [7, 11) is 5.79. The summed E-state index contributed by atoms with van der Waals surface area (Å²) in [5.41, 5.74) is 0. The summed E-state index contributed by atoms with van der Waals surface area (Å²) in [5.74, 6) is -1.63. The Morgan fingerprint density at radius 2 is 1.63 bits per heavy atom. The fraction of sp³-hybridized carbons (Fsp3) is 0.857. The van der Waals surface area contributed by atoms with Gasteiger partial charge in [-0.05, 0) is 39.9 Å². The van der Waals surface area contributed by atoms with Gasteiger partial charge in [0.15, 0.2) is 0 Å². The molecule has 0 saturated heterocycles. The maximum absolute atomic E-state index is 12.3. The largest absolute Gasteiger partial charge is 0.481 e.